The highest BCUT2D eigenvalue weighted by Gasteiger charge is 2.41. The predicted molar refractivity (Wildman–Crippen MR) is 93.5 cm³/mol. The van der Waals surface area contributed by atoms with E-state index in [1.165, 1.54) is 23.1 Å². The molecular formula is C15H16ClN7O2. The van der Waals surface area contributed by atoms with Crippen molar-refractivity contribution in [3.63, 3.8) is 0 Å². The molecule has 9 nitrogen and oxygen atoms in total. The quantitative estimate of drug-likeness (QED) is 0.632. The summed E-state index contributed by atoms with van der Waals surface area (Å²) in [5.41, 5.74) is 8.02. The average molecular weight is 362 g/mol. The summed E-state index contributed by atoms with van der Waals surface area (Å²) >= 11 is 6.25. The van der Waals surface area contributed by atoms with Gasteiger partial charge in [-0.25, -0.2) is 14.6 Å². The van der Waals surface area contributed by atoms with E-state index in [4.69, 9.17) is 17.3 Å². The summed E-state index contributed by atoms with van der Waals surface area (Å²) in [5.74, 6) is 0.265. The first-order valence-corrected chi connectivity index (χ1v) is 8.26. The summed E-state index contributed by atoms with van der Waals surface area (Å²) in [6.07, 6.45) is 4.74. The molecular weight excluding hydrogens is 346 g/mol. The van der Waals surface area contributed by atoms with Gasteiger partial charge in [-0.15, -0.1) is 0 Å². The Morgan fingerprint density at radius 3 is 2.72 bits per heavy atom. The van der Waals surface area contributed by atoms with Gasteiger partial charge in [0.1, 0.15) is 35.0 Å². The van der Waals surface area contributed by atoms with Crippen LogP contribution in [0.1, 0.15) is 36.2 Å². The van der Waals surface area contributed by atoms with Gasteiger partial charge >= 0.3 is 0 Å². The van der Waals surface area contributed by atoms with Gasteiger partial charge in [0.05, 0.1) is 5.02 Å². The maximum Gasteiger partial charge on any atom is 0.293 e. The van der Waals surface area contributed by atoms with E-state index in [9.17, 15) is 9.59 Å². The van der Waals surface area contributed by atoms with E-state index in [0.717, 1.165) is 25.7 Å². The lowest BCUT2D eigenvalue weighted by atomic mass is 10.1. The smallest absolute Gasteiger partial charge is 0.293 e. The van der Waals surface area contributed by atoms with Gasteiger partial charge in [-0.1, -0.05) is 11.6 Å². The van der Waals surface area contributed by atoms with Gasteiger partial charge < -0.3 is 16.4 Å². The second kappa shape index (κ2) is 5.62. The summed E-state index contributed by atoms with van der Waals surface area (Å²) in [5, 5.41) is 5.97. The van der Waals surface area contributed by atoms with E-state index in [-0.39, 0.29) is 28.1 Å². The molecule has 1 spiro atoms. The van der Waals surface area contributed by atoms with Crippen LogP contribution in [0.25, 0.3) is 0 Å². The fourth-order valence-electron chi connectivity index (χ4n) is 3.30. The van der Waals surface area contributed by atoms with Gasteiger partial charge in [0.25, 0.3) is 11.5 Å². The molecule has 3 heterocycles. The minimum Gasteiger partial charge on any atom is -0.384 e. The molecule has 0 radical (unpaired) electrons. The molecule has 1 fully saturated rings. The third-order valence-corrected chi connectivity index (χ3v) is 4.74. The van der Waals surface area contributed by atoms with Crippen LogP contribution in [0.5, 0.6) is 0 Å². The molecule has 2 aromatic rings. The number of anilines is 3. The zero-order chi connectivity index (χ0) is 17.6. The van der Waals surface area contributed by atoms with Crippen molar-refractivity contribution in [1.82, 2.24) is 20.0 Å². The van der Waals surface area contributed by atoms with Crippen LogP contribution in [0.3, 0.4) is 0 Å². The number of rotatable bonds is 2. The maximum absolute atomic E-state index is 12.9. The molecule has 2 aliphatic rings. The first kappa shape index (κ1) is 15.7. The number of nitrogens with one attached hydrogen (secondary N) is 3. The molecule has 1 amide bonds. The van der Waals surface area contributed by atoms with Crippen molar-refractivity contribution in [1.29, 1.82) is 0 Å². The highest BCUT2D eigenvalue weighted by molar-refractivity contribution is 6.34. The number of halogens is 1. The molecule has 2 aromatic heterocycles. The first-order valence-electron chi connectivity index (χ1n) is 7.88. The summed E-state index contributed by atoms with van der Waals surface area (Å²) in [6.45, 7) is 0. The van der Waals surface area contributed by atoms with Gasteiger partial charge in [-0.05, 0) is 31.7 Å². The van der Waals surface area contributed by atoms with Crippen molar-refractivity contribution in [2.24, 2.45) is 0 Å². The van der Waals surface area contributed by atoms with E-state index in [2.05, 4.69) is 26.0 Å². The molecule has 1 aliphatic heterocycles. The maximum atomic E-state index is 12.9. The van der Waals surface area contributed by atoms with Gasteiger partial charge in [-0.2, -0.15) is 0 Å². The second-order valence-corrected chi connectivity index (χ2v) is 6.61. The van der Waals surface area contributed by atoms with Gasteiger partial charge in [0.15, 0.2) is 0 Å². The van der Waals surface area contributed by atoms with Crippen molar-refractivity contribution in [2.75, 3.05) is 16.5 Å². The van der Waals surface area contributed by atoms with Gasteiger partial charge in [0.2, 0.25) is 0 Å². The summed E-state index contributed by atoms with van der Waals surface area (Å²) in [7, 11) is 0. The number of hydrogen-bond acceptors (Lipinski definition) is 7. The highest BCUT2D eigenvalue weighted by Crippen LogP contribution is 2.32. The lowest BCUT2D eigenvalue weighted by molar-refractivity contribution is 0.0869. The molecule has 10 heteroatoms. The number of nitrogens with zero attached hydrogens (tertiary/aromatic N) is 3. The molecule has 1 saturated carbocycles. The molecule has 1 aliphatic carbocycles. The van der Waals surface area contributed by atoms with Crippen LogP contribution in [0.2, 0.25) is 5.02 Å². The van der Waals surface area contributed by atoms with E-state index < -0.39 is 11.2 Å². The zero-order valence-corrected chi connectivity index (χ0v) is 13.9. The van der Waals surface area contributed by atoms with E-state index >= 15 is 0 Å². The van der Waals surface area contributed by atoms with Crippen molar-refractivity contribution in [3.05, 3.63) is 39.5 Å². The minimum absolute atomic E-state index is 0.0944. The number of nitrogens with two attached hydrogens (primary N) is 1. The summed E-state index contributed by atoms with van der Waals surface area (Å²) in [4.78, 5) is 33.2. The van der Waals surface area contributed by atoms with E-state index in [1.807, 2.05) is 0 Å². The van der Waals surface area contributed by atoms with Crippen LogP contribution < -0.4 is 27.4 Å². The van der Waals surface area contributed by atoms with Crippen LogP contribution in [-0.2, 0) is 0 Å². The van der Waals surface area contributed by atoms with Crippen molar-refractivity contribution in [3.8, 4) is 0 Å². The monoisotopic (exact) mass is 361 g/mol. The van der Waals surface area contributed by atoms with Gasteiger partial charge in [-0.3, -0.25) is 15.0 Å². The standard InChI is InChI=1S/C15H16ClN7O2/c16-8-5-9(20-11-6-10(17)18-7-19-11)14(25)23-12(8)13(24)21-15(22-23)3-1-2-4-15/h5-7,22H,1-4H2,(H,21,24)(H3,17,18,19,20). The number of carbonyl (C=O) groups is 1. The minimum atomic E-state index is -0.602. The van der Waals surface area contributed by atoms with Crippen LogP contribution >= 0.6 is 11.6 Å². The lowest BCUT2D eigenvalue weighted by Crippen LogP contribution is -2.62. The Kier molecular flexibility index (Phi) is 3.53. The normalized spacial score (nSPS) is 17.7. The third kappa shape index (κ3) is 2.66. The molecule has 0 atom stereocenters. The van der Waals surface area contributed by atoms with Crippen LogP contribution in [-0.4, -0.2) is 26.2 Å². The molecule has 0 saturated heterocycles. The van der Waals surface area contributed by atoms with Crippen LogP contribution in [0, 0.1) is 0 Å². The Morgan fingerprint density at radius 2 is 2.00 bits per heavy atom. The Hall–Kier alpha value is -2.81. The topological polar surface area (TPSA) is 127 Å². The number of fused-ring (bicyclic) bond motifs is 1. The lowest BCUT2D eigenvalue weighted by Gasteiger charge is -2.38. The SMILES string of the molecule is Nc1cc(Nc2cc(Cl)c3n(c2=O)NC2(CCCC2)NC3=O)ncn1. The van der Waals surface area contributed by atoms with Crippen LogP contribution in [0.4, 0.5) is 17.3 Å². The summed E-state index contributed by atoms with van der Waals surface area (Å²) in [6, 6.07) is 2.90. The van der Waals surface area contributed by atoms with Crippen molar-refractivity contribution in [2.45, 2.75) is 31.3 Å². The van der Waals surface area contributed by atoms with Crippen molar-refractivity contribution < 1.29 is 4.79 Å². The fourth-order valence-corrected chi connectivity index (χ4v) is 3.58. The molecule has 25 heavy (non-hydrogen) atoms. The second-order valence-electron chi connectivity index (χ2n) is 6.20. The Bertz CT molecular complexity index is 921. The first-order chi connectivity index (χ1) is 12.0. The number of amides is 1. The van der Waals surface area contributed by atoms with Crippen LogP contribution in [0.15, 0.2) is 23.3 Å². The Morgan fingerprint density at radius 1 is 1.24 bits per heavy atom. The third-order valence-electron chi connectivity index (χ3n) is 4.46. The molecule has 5 N–H and O–H groups in total. The Labute approximate surface area is 147 Å². The number of nitrogen functional groups attached to an aromatic ring is 1. The van der Waals surface area contributed by atoms with E-state index in [0.29, 0.717) is 5.82 Å². The highest BCUT2D eigenvalue weighted by atomic mass is 35.5. The molecule has 0 unspecified atom stereocenters. The summed E-state index contributed by atoms with van der Waals surface area (Å²) < 4.78 is 1.22. The van der Waals surface area contributed by atoms with Crippen molar-refractivity contribution >= 4 is 34.8 Å². The number of pyridine rings is 1. The number of aromatic nitrogens is 3. The average Bonchev–Trinajstić information content (AvgIpc) is 2.99. The molecule has 0 bridgehead atoms. The predicted octanol–water partition coefficient (Wildman–Crippen LogP) is 1.17. The Balaban J connectivity index is 1.78. The molecule has 4 rings (SSSR count). The fraction of sp³-hybridized carbons (Fsp3) is 0.333. The number of carbonyl (C=O) groups excluding carboxylic acids is 1. The van der Waals surface area contributed by atoms with Gasteiger partial charge in [0, 0.05) is 6.07 Å². The molecule has 130 valence electrons. The zero-order valence-electron chi connectivity index (χ0n) is 13.2. The molecule has 0 aromatic carbocycles. The largest absolute Gasteiger partial charge is 0.384 e. The number of hydrogen-bond donors (Lipinski definition) is 4. The van der Waals surface area contributed by atoms with E-state index in [1.54, 1.807) is 0 Å².